The third-order valence-corrected chi connectivity index (χ3v) is 5.44. The monoisotopic (exact) mass is 328 g/mol. The summed E-state index contributed by atoms with van der Waals surface area (Å²) in [4.78, 5) is 27.7. The van der Waals surface area contributed by atoms with Crippen LogP contribution in [0.2, 0.25) is 0 Å². The number of benzene rings is 1. The SMILES string of the molecule is Cn1c(=O)c2cc(C(=O)N3CCOCC3)sc2c2ccccc21. The van der Waals surface area contributed by atoms with Gasteiger partial charge in [0.05, 0.1) is 29.0 Å². The number of nitrogens with zero attached hydrogens (tertiary/aromatic N) is 2. The zero-order chi connectivity index (χ0) is 16.0. The van der Waals surface area contributed by atoms with Crippen molar-refractivity contribution in [3.8, 4) is 0 Å². The van der Waals surface area contributed by atoms with E-state index in [4.69, 9.17) is 4.74 Å². The lowest BCUT2D eigenvalue weighted by Crippen LogP contribution is -2.40. The average molecular weight is 328 g/mol. The van der Waals surface area contributed by atoms with Crippen LogP contribution in [-0.2, 0) is 11.8 Å². The molecule has 0 spiro atoms. The van der Waals surface area contributed by atoms with Crippen molar-refractivity contribution in [2.75, 3.05) is 26.3 Å². The lowest BCUT2D eigenvalue weighted by Gasteiger charge is -2.26. The molecule has 3 heterocycles. The molecule has 6 heteroatoms. The fourth-order valence-electron chi connectivity index (χ4n) is 3.03. The molecule has 5 nitrogen and oxygen atoms in total. The highest BCUT2D eigenvalue weighted by Crippen LogP contribution is 2.31. The van der Waals surface area contributed by atoms with Gasteiger partial charge in [-0.15, -0.1) is 11.3 Å². The fraction of sp³-hybridized carbons (Fsp3) is 0.294. The van der Waals surface area contributed by atoms with E-state index in [1.807, 2.05) is 24.3 Å². The van der Waals surface area contributed by atoms with Gasteiger partial charge >= 0.3 is 0 Å². The Balaban J connectivity index is 1.90. The molecule has 1 amide bonds. The van der Waals surface area contributed by atoms with Crippen LogP contribution in [0.1, 0.15) is 9.67 Å². The van der Waals surface area contributed by atoms with Crippen molar-refractivity contribution in [3.63, 3.8) is 0 Å². The summed E-state index contributed by atoms with van der Waals surface area (Å²) in [7, 11) is 1.77. The quantitative estimate of drug-likeness (QED) is 0.688. The number of ether oxygens (including phenoxy) is 1. The lowest BCUT2D eigenvalue weighted by molar-refractivity contribution is 0.0306. The largest absolute Gasteiger partial charge is 0.378 e. The number of thiophene rings is 1. The van der Waals surface area contributed by atoms with E-state index in [0.29, 0.717) is 36.6 Å². The van der Waals surface area contributed by atoms with E-state index >= 15 is 0 Å². The number of hydrogen-bond donors (Lipinski definition) is 0. The molecule has 0 saturated carbocycles. The van der Waals surface area contributed by atoms with Gasteiger partial charge < -0.3 is 14.2 Å². The van der Waals surface area contributed by atoms with E-state index in [-0.39, 0.29) is 11.5 Å². The minimum atomic E-state index is -0.0593. The third kappa shape index (κ3) is 2.26. The smallest absolute Gasteiger partial charge is 0.264 e. The number of morpholine rings is 1. The minimum absolute atomic E-state index is 0.0133. The summed E-state index contributed by atoms with van der Waals surface area (Å²) in [6.07, 6.45) is 0. The lowest BCUT2D eigenvalue weighted by atomic mass is 10.1. The molecule has 0 radical (unpaired) electrons. The highest BCUT2D eigenvalue weighted by Gasteiger charge is 2.22. The first-order chi connectivity index (χ1) is 11.2. The second kappa shape index (κ2) is 5.47. The number of fused-ring (bicyclic) bond motifs is 3. The molecular formula is C17H16N2O3S. The van der Waals surface area contributed by atoms with Crippen molar-refractivity contribution in [3.05, 3.63) is 45.6 Å². The summed E-state index contributed by atoms with van der Waals surface area (Å²) in [6, 6.07) is 9.54. The van der Waals surface area contributed by atoms with Crippen LogP contribution in [0, 0.1) is 0 Å². The van der Waals surface area contributed by atoms with Crippen molar-refractivity contribution in [2.24, 2.45) is 7.05 Å². The van der Waals surface area contributed by atoms with Gasteiger partial charge in [0.1, 0.15) is 0 Å². The fourth-order valence-corrected chi connectivity index (χ4v) is 4.18. The Morgan fingerprint density at radius 1 is 1.17 bits per heavy atom. The Labute approximate surface area is 136 Å². The molecule has 0 aliphatic carbocycles. The van der Waals surface area contributed by atoms with Crippen molar-refractivity contribution < 1.29 is 9.53 Å². The molecule has 0 N–H and O–H groups in total. The molecular weight excluding hydrogens is 312 g/mol. The van der Waals surface area contributed by atoms with Crippen molar-refractivity contribution in [1.82, 2.24) is 9.47 Å². The summed E-state index contributed by atoms with van der Waals surface area (Å²) in [6.45, 7) is 2.35. The van der Waals surface area contributed by atoms with E-state index < -0.39 is 0 Å². The number of para-hydroxylation sites is 1. The maximum Gasteiger partial charge on any atom is 0.264 e. The molecule has 1 aliphatic heterocycles. The summed E-state index contributed by atoms with van der Waals surface area (Å²) < 4.78 is 7.83. The molecule has 118 valence electrons. The summed E-state index contributed by atoms with van der Waals surface area (Å²) in [5.74, 6) is -0.0133. The van der Waals surface area contributed by atoms with Gasteiger partial charge in [0.2, 0.25) is 0 Å². The molecule has 4 rings (SSSR count). The molecule has 0 unspecified atom stereocenters. The molecule has 0 atom stereocenters. The van der Waals surface area contributed by atoms with Gasteiger partial charge in [-0.2, -0.15) is 0 Å². The Morgan fingerprint density at radius 2 is 1.91 bits per heavy atom. The molecule has 2 aromatic heterocycles. The van der Waals surface area contributed by atoms with Crippen LogP contribution in [0.25, 0.3) is 21.0 Å². The average Bonchev–Trinajstić information content (AvgIpc) is 3.05. The highest BCUT2D eigenvalue weighted by molar-refractivity contribution is 7.21. The predicted octanol–water partition coefficient (Wildman–Crippen LogP) is 2.23. The van der Waals surface area contributed by atoms with Crippen molar-refractivity contribution in [1.29, 1.82) is 0 Å². The normalized spacial score (nSPS) is 15.4. The number of aryl methyl sites for hydroxylation is 1. The maximum absolute atomic E-state index is 12.7. The molecule has 1 saturated heterocycles. The van der Waals surface area contributed by atoms with Crippen molar-refractivity contribution >= 4 is 38.2 Å². The number of hydrogen-bond acceptors (Lipinski definition) is 4. The van der Waals surface area contributed by atoms with Crippen LogP contribution in [0.15, 0.2) is 35.1 Å². The zero-order valence-electron chi connectivity index (χ0n) is 12.7. The van der Waals surface area contributed by atoms with Crippen LogP contribution in [0.4, 0.5) is 0 Å². The first-order valence-corrected chi connectivity index (χ1v) is 8.37. The summed E-state index contributed by atoms with van der Waals surface area (Å²) >= 11 is 1.41. The maximum atomic E-state index is 12.7. The van der Waals surface area contributed by atoms with Crippen LogP contribution >= 0.6 is 11.3 Å². The number of carbonyl (C=O) groups excluding carboxylic acids is 1. The van der Waals surface area contributed by atoms with E-state index in [9.17, 15) is 9.59 Å². The third-order valence-electron chi connectivity index (χ3n) is 4.29. The molecule has 1 aromatic carbocycles. The van der Waals surface area contributed by atoms with E-state index in [2.05, 4.69) is 0 Å². The van der Waals surface area contributed by atoms with Crippen molar-refractivity contribution in [2.45, 2.75) is 0 Å². The first-order valence-electron chi connectivity index (χ1n) is 7.55. The van der Waals surface area contributed by atoms with E-state index in [0.717, 1.165) is 15.6 Å². The first kappa shape index (κ1) is 14.4. The summed E-state index contributed by atoms with van der Waals surface area (Å²) in [5, 5.41) is 1.63. The van der Waals surface area contributed by atoms with Gasteiger partial charge in [-0.25, -0.2) is 0 Å². The second-order valence-electron chi connectivity index (χ2n) is 5.64. The van der Waals surface area contributed by atoms with Crippen LogP contribution in [-0.4, -0.2) is 41.7 Å². The highest BCUT2D eigenvalue weighted by atomic mass is 32.1. The molecule has 0 bridgehead atoms. The van der Waals surface area contributed by atoms with Gasteiger partial charge in [-0.1, -0.05) is 18.2 Å². The topological polar surface area (TPSA) is 51.5 Å². The molecule has 3 aromatic rings. The molecule has 23 heavy (non-hydrogen) atoms. The van der Waals surface area contributed by atoms with Gasteiger partial charge in [-0.3, -0.25) is 9.59 Å². The Kier molecular flexibility index (Phi) is 3.43. The van der Waals surface area contributed by atoms with Gasteiger partial charge in [0.15, 0.2) is 0 Å². The second-order valence-corrected chi connectivity index (χ2v) is 6.69. The number of carbonyl (C=O) groups is 1. The van der Waals surface area contributed by atoms with Gasteiger partial charge in [0, 0.05) is 30.2 Å². The zero-order valence-corrected chi connectivity index (χ0v) is 13.6. The van der Waals surface area contributed by atoms with Crippen LogP contribution in [0.5, 0.6) is 0 Å². The van der Waals surface area contributed by atoms with Gasteiger partial charge in [-0.05, 0) is 12.1 Å². The Bertz CT molecular complexity index is 967. The predicted molar refractivity (Wildman–Crippen MR) is 91.3 cm³/mol. The van der Waals surface area contributed by atoms with Crippen LogP contribution in [0.3, 0.4) is 0 Å². The molecule has 1 aliphatic rings. The Morgan fingerprint density at radius 3 is 2.70 bits per heavy atom. The van der Waals surface area contributed by atoms with E-state index in [1.165, 1.54) is 11.3 Å². The van der Waals surface area contributed by atoms with Gasteiger partial charge in [0.25, 0.3) is 11.5 Å². The van der Waals surface area contributed by atoms with Crippen LogP contribution < -0.4 is 5.56 Å². The summed E-state index contributed by atoms with van der Waals surface area (Å²) in [5.41, 5.74) is 0.827. The number of aromatic nitrogens is 1. The van der Waals surface area contributed by atoms with E-state index in [1.54, 1.807) is 22.6 Å². The minimum Gasteiger partial charge on any atom is -0.378 e. The molecule has 1 fully saturated rings. The number of amides is 1. The standard InChI is InChI=1S/C17H16N2O3S/c1-18-13-5-3-2-4-11(13)15-12(16(18)20)10-14(23-15)17(21)19-6-8-22-9-7-19/h2-5,10H,6-9H2,1H3. The Hall–Kier alpha value is -2.18. The number of pyridine rings is 1. The number of rotatable bonds is 1.